The molecule has 0 amide bonds. The number of carbonyl (C=O) groups excluding carboxylic acids is 1. The van der Waals surface area contributed by atoms with Crippen LogP contribution in [0, 0.1) is 11.8 Å². The SMILES string of the molecule is O=C1CCOCC1CN1CC2CCC1C2. The van der Waals surface area contributed by atoms with Crippen LogP contribution in [-0.2, 0) is 9.53 Å². The summed E-state index contributed by atoms with van der Waals surface area (Å²) in [7, 11) is 0. The number of hydrogen-bond donors (Lipinski definition) is 0. The molecule has 3 nitrogen and oxygen atoms in total. The molecule has 15 heavy (non-hydrogen) atoms. The lowest BCUT2D eigenvalue weighted by molar-refractivity contribution is -0.131. The van der Waals surface area contributed by atoms with E-state index in [1.165, 1.54) is 25.8 Å². The van der Waals surface area contributed by atoms with Gasteiger partial charge in [-0.3, -0.25) is 9.69 Å². The molecular weight excluding hydrogens is 190 g/mol. The van der Waals surface area contributed by atoms with E-state index in [-0.39, 0.29) is 5.92 Å². The zero-order chi connectivity index (χ0) is 10.3. The number of hydrogen-bond acceptors (Lipinski definition) is 3. The first-order valence-corrected chi connectivity index (χ1v) is 6.17. The quantitative estimate of drug-likeness (QED) is 0.681. The lowest BCUT2D eigenvalue weighted by Gasteiger charge is -2.31. The van der Waals surface area contributed by atoms with Crippen molar-refractivity contribution in [3.8, 4) is 0 Å². The van der Waals surface area contributed by atoms with Gasteiger partial charge in [-0.1, -0.05) is 0 Å². The zero-order valence-corrected chi connectivity index (χ0v) is 9.15. The Morgan fingerprint density at radius 1 is 1.40 bits per heavy atom. The molecule has 2 heterocycles. The maximum Gasteiger partial charge on any atom is 0.141 e. The summed E-state index contributed by atoms with van der Waals surface area (Å²) in [5.74, 6) is 1.51. The van der Waals surface area contributed by atoms with Crippen LogP contribution in [0.4, 0.5) is 0 Å². The van der Waals surface area contributed by atoms with Gasteiger partial charge in [0.05, 0.1) is 19.1 Å². The first-order valence-electron chi connectivity index (χ1n) is 6.17. The molecule has 1 saturated carbocycles. The predicted octanol–water partition coefficient (Wildman–Crippen LogP) is 1.08. The molecule has 0 aromatic carbocycles. The second kappa shape index (κ2) is 3.87. The van der Waals surface area contributed by atoms with Gasteiger partial charge in [-0.2, -0.15) is 0 Å². The van der Waals surface area contributed by atoms with Crippen LogP contribution in [0.2, 0.25) is 0 Å². The number of ketones is 1. The van der Waals surface area contributed by atoms with E-state index in [2.05, 4.69) is 4.90 Å². The highest BCUT2D eigenvalue weighted by Gasteiger charge is 2.39. The fraction of sp³-hybridized carbons (Fsp3) is 0.917. The van der Waals surface area contributed by atoms with Gasteiger partial charge in [-0.15, -0.1) is 0 Å². The Morgan fingerprint density at radius 3 is 3.00 bits per heavy atom. The van der Waals surface area contributed by atoms with Gasteiger partial charge >= 0.3 is 0 Å². The van der Waals surface area contributed by atoms with E-state index in [9.17, 15) is 4.79 Å². The summed E-state index contributed by atoms with van der Waals surface area (Å²) in [6.07, 6.45) is 4.77. The molecule has 3 heteroatoms. The molecule has 0 aromatic heterocycles. The maximum atomic E-state index is 11.7. The normalized spacial score (nSPS) is 41.3. The molecule has 3 atom stereocenters. The van der Waals surface area contributed by atoms with Crippen molar-refractivity contribution >= 4 is 5.78 Å². The van der Waals surface area contributed by atoms with E-state index < -0.39 is 0 Å². The largest absolute Gasteiger partial charge is 0.380 e. The van der Waals surface area contributed by atoms with Gasteiger partial charge in [-0.05, 0) is 25.2 Å². The van der Waals surface area contributed by atoms with Crippen molar-refractivity contribution in [1.29, 1.82) is 0 Å². The fourth-order valence-electron chi connectivity index (χ4n) is 3.38. The molecule has 0 N–H and O–H groups in total. The van der Waals surface area contributed by atoms with E-state index in [4.69, 9.17) is 4.74 Å². The lowest BCUT2D eigenvalue weighted by atomic mass is 9.99. The standard InChI is InChI=1S/C12H19NO2/c14-12-3-4-15-8-10(12)7-13-6-9-1-2-11(13)5-9/h9-11H,1-8H2. The molecule has 3 rings (SSSR count). The van der Waals surface area contributed by atoms with Gasteiger partial charge in [0.25, 0.3) is 0 Å². The molecule has 84 valence electrons. The minimum absolute atomic E-state index is 0.165. The van der Waals surface area contributed by atoms with Gasteiger partial charge in [0.15, 0.2) is 0 Å². The molecule has 3 unspecified atom stereocenters. The summed E-state index contributed by atoms with van der Waals surface area (Å²) in [4.78, 5) is 14.2. The van der Waals surface area contributed by atoms with E-state index in [1.807, 2.05) is 0 Å². The van der Waals surface area contributed by atoms with Crippen LogP contribution in [0.25, 0.3) is 0 Å². The Morgan fingerprint density at radius 2 is 2.33 bits per heavy atom. The highest BCUT2D eigenvalue weighted by atomic mass is 16.5. The van der Waals surface area contributed by atoms with Gasteiger partial charge in [0.2, 0.25) is 0 Å². The Hall–Kier alpha value is -0.410. The summed E-state index contributed by atoms with van der Waals surface area (Å²) in [6.45, 7) is 3.49. The van der Waals surface area contributed by atoms with Gasteiger partial charge in [0, 0.05) is 25.6 Å². The van der Waals surface area contributed by atoms with Crippen molar-refractivity contribution < 1.29 is 9.53 Å². The summed E-state index contributed by atoms with van der Waals surface area (Å²) in [5, 5.41) is 0. The molecule has 2 aliphatic heterocycles. The number of ether oxygens (including phenoxy) is 1. The second-order valence-electron chi connectivity index (χ2n) is 5.27. The van der Waals surface area contributed by atoms with Crippen molar-refractivity contribution in [3.63, 3.8) is 0 Å². The number of carbonyl (C=O) groups is 1. The highest BCUT2D eigenvalue weighted by molar-refractivity contribution is 5.82. The Kier molecular flexibility index (Phi) is 2.53. The molecular formula is C12H19NO2. The number of rotatable bonds is 2. The van der Waals surface area contributed by atoms with Gasteiger partial charge in [-0.25, -0.2) is 0 Å². The first-order chi connectivity index (χ1) is 7.33. The average molecular weight is 209 g/mol. The van der Waals surface area contributed by atoms with Crippen molar-refractivity contribution in [2.45, 2.75) is 31.7 Å². The summed E-state index contributed by atoms with van der Waals surface area (Å²) in [5.41, 5.74) is 0. The molecule has 0 aromatic rings. The van der Waals surface area contributed by atoms with Crippen molar-refractivity contribution in [3.05, 3.63) is 0 Å². The Labute approximate surface area is 90.8 Å². The summed E-state index contributed by atoms with van der Waals surface area (Å²) < 4.78 is 5.40. The Balaban J connectivity index is 1.58. The summed E-state index contributed by atoms with van der Waals surface area (Å²) in [6, 6.07) is 0.782. The smallest absolute Gasteiger partial charge is 0.141 e. The van der Waals surface area contributed by atoms with Crippen LogP contribution < -0.4 is 0 Å². The monoisotopic (exact) mass is 209 g/mol. The third kappa shape index (κ3) is 1.83. The number of likely N-dealkylation sites (tertiary alicyclic amines) is 1. The lowest BCUT2D eigenvalue weighted by Crippen LogP contribution is -2.41. The van der Waals surface area contributed by atoms with Crippen LogP contribution in [0.5, 0.6) is 0 Å². The second-order valence-corrected chi connectivity index (χ2v) is 5.27. The maximum absolute atomic E-state index is 11.7. The predicted molar refractivity (Wildman–Crippen MR) is 56.6 cm³/mol. The highest BCUT2D eigenvalue weighted by Crippen LogP contribution is 2.37. The number of nitrogens with zero attached hydrogens (tertiary/aromatic N) is 1. The van der Waals surface area contributed by atoms with E-state index in [0.29, 0.717) is 25.4 Å². The number of fused-ring (bicyclic) bond motifs is 2. The molecule has 0 radical (unpaired) electrons. The van der Waals surface area contributed by atoms with Gasteiger partial charge in [0.1, 0.15) is 5.78 Å². The summed E-state index contributed by atoms with van der Waals surface area (Å²) >= 11 is 0. The van der Waals surface area contributed by atoms with Crippen LogP contribution in [0.1, 0.15) is 25.7 Å². The van der Waals surface area contributed by atoms with Crippen LogP contribution >= 0.6 is 0 Å². The van der Waals surface area contributed by atoms with E-state index in [0.717, 1.165) is 18.5 Å². The topological polar surface area (TPSA) is 29.5 Å². The van der Waals surface area contributed by atoms with Crippen molar-refractivity contribution in [2.75, 3.05) is 26.3 Å². The Bertz CT molecular complexity index is 266. The molecule has 1 aliphatic carbocycles. The van der Waals surface area contributed by atoms with Crippen LogP contribution in [-0.4, -0.2) is 43.0 Å². The van der Waals surface area contributed by atoms with Gasteiger partial charge < -0.3 is 4.74 Å². The van der Waals surface area contributed by atoms with E-state index in [1.54, 1.807) is 0 Å². The number of piperidine rings is 1. The van der Waals surface area contributed by atoms with Crippen LogP contribution in [0.3, 0.4) is 0 Å². The molecule has 0 spiro atoms. The van der Waals surface area contributed by atoms with Crippen molar-refractivity contribution in [1.82, 2.24) is 4.90 Å². The molecule has 2 bridgehead atoms. The molecule has 3 aliphatic rings. The first kappa shape index (κ1) is 9.79. The fourth-order valence-corrected chi connectivity index (χ4v) is 3.38. The zero-order valence-electron chi connectivity index (χ0n) is 9.15. The average Bonchev–Trinajstić information content (AvgIpc) is 2.83. The van der Waals surface area contributed by atoms with E-state index >= 15 is 0 Å². The third-order valence-corrected chi connectivity index (χ3v) is 4.24. The molecule has 3 fully saturated rings. The number of Topliss-reactive ketones (excluding diaryl/α,β-unsaturated/α-hetero) is 1. The third-order valence-electron chi connectivity index (χ3n) is 4.24. The molecule has 2 saturated heterocycles. The van der Waals surface area contributed by atoms with Crippen LogP contribution in [0.15, 0.2) is 0 Å². The van der Waals surface area contributed by atoms with Crippen molar-refractivity contribution in [2.24, 2.45) is 11.8 Å². The minimum Gasteiger partial charge on any atom is -0.380 e. The minimum atomic E-state index is 0.165.